The van der Waals surface area contributed by atoms with E-state index in [1.165, 1.54) is 0 Å². The fourth-order valence-electron chi connectivity index (χ4n) is 0. The van der Waals surface area contributed by atoms with Gasteiger partial charge in [-0.25, -0.2) is 0 Å². The summed E-state index contributed by atoms with van der Waals surface area (Å²) in [7, 11) is -4.67. The zero-order valence-corrected chi connectivity index (χ0v) is 6.17. The summed E-state index contributed by atoms with van der Waals surface area (Å²) < 4.78 is 31.6. The molecule has 10 heteroatoms. The van der Waals surface area contributed by atoms with E-state index < -0.39 is 15.5 Å². The molecule has 0 rings (SSSR count). The number of hydrogen-bond donors (Lipinski definition) is 2. The second-order valence-electron chi connectivity index (χ2n) is 0.671. The molecule has 0 aromatic heterocycles. The molecule has 0 unspecified atom stereocenters. The Morgan fingerprint density at radius 1 is 1.20 bits per heavy atom. The van der Waals surface area contributed by atoms with Crippen LogP contribution in [-0.2, 0) is 27.5 Å². The molecule has 0 fully saturated rings. The van der Waals surface area contributed by atoms with Crippen LogP contribution < -0.4 is 0 Å². The smallest absolute Gasteiger partial charge is 0.356 e. The molecule has 0 atom stereocenters. The predicted octanol–water partition coefficient (Wildman–Crippen LogP) is -0.894. The first-order valence-electron chi connectivity index (χ1n) is 1.25. The van der Waals surface area contributed by atoms with E-state index in [4.69, 9.17) is 32.8 Å². The molecule has 0 amide bonds. The van der Waals surface area contributed by atoms with Crippen LogP contribution >= 0.6 is 0 Å². The third-order valence-electron chi connectivity index (χ3n) is 0. The predicted molar refractivity (Wildman–Crippen MR) is 24.5 cm³/mol. The van der Waals surface area contributed by atoms with Crippen molar-refractivity contribution in [1.82, 2.24) is 0 Å². The minimum absolute atomic E-state index is 0. The number of nitrogens with zero attached hydrogens (tertiary/aromatic N) is 1. The molecule has 0 saturated carbocycles. The van der Waals surface area contributed by atoms with Gasteiger partial charge in [0.1, 0.15) is 0 Å². The summed E-state index contributed by atoms with van der Waals surface area (Å²) in [6.07, 6.45) is 0. The molecule has 0 aliphatic heterocycles. The van der Waals surface area contributed by atoms with Crippen molar-refractivity contribution in [3.05, 3.63) is 15.3 Å². The van der Waals surface area contributed by atoms with Crippen LogP contribution in [0.3, 0.4) is 0 Å². The second-order valence-corrected chi connectivity index (χ2v) is 1.57. The van der Waals surface area contributed by atoms with E-state index in [9.17, 15) is 0 Å². The monoisotopic (exact) mass is 215 g/mol. The van der Waals surface area contributed by atoms with E-state index in [1.54, 1.807) is 0 Å². The summed E-state index contributed by atoms with van der Waals surface area (Å²) >= 11 is 0. The maximum absolute atomic E-state index is 8.74. The molecule has 0 aliphatic rings. The first-order valence-corrected chi connectivity index (χ1v) is 2.64. The standard InChI is InChI=1S/Mn.NO3.H2O4S/c;2-1(3)4;1-5(2,3)4/h;;(H2,1,2,3,4)/q;-1;. The van der Waals surface area contributed by atoms with Crippen molar-refractivity contribution in [3.63, 3.8) is 0 Å². The van der Waals surface area contributed by atoms with Crippen LogP contribution in [0.4, 0.5) is 0 Å². The zero-order chi connectivity index (χ0) is 8.08. The summed E-state index contributed by atoms with van der Waals surface area (Å²) in [6, 6.07) is 0. The van der Waals surface area contributed by atoms with Gasteiger partial charge in [0.25, 0.3) is 0 Å². The minimum atomic E-state index is -4.67. The average Bonchev–Trinajstić information content (AvgIpc) is 1.19. The van der Waals surface area contributed by atoms with Crippen LogP contribution in [-0.4, -0.2) is 22.6 Å². The van der Waals surface area contributed by atoms with Gasteiger partial charge in [-0.05, 0) is 0 Å². The Labute approximate surface area is 66.0 Å². The fraction of sp³-hybridized carbons (Fsp3) is 0. The Hall–Kier alpha value is -0.411. The topological polar surface area (TPSA) is 141 Å². The zero-order valence-electron chi connectivity index (χ0n) is 4.17. The summed E-state index contributed by atoms with van der Waals surface area (Å²) in [5.74, 6) is 0. The van der Waals surface area contributed by atoms with Crippen molar-refractivity contribution < 1.29 is 39.7 Å². The normalized spacial score (nSPS) is 8.20. The quantitative estimate of drug-likeness (QED) is 0.231. The first-order chi connectivity index (χ1) is 3.73. The van der Waals surface area contributed by atoms with E-state index in [2.05, 4.69) is 0 Å². The molecule has 10 heavy (non-hydrogen) atoms. The van der Waals surface area contributed by atoms with Gasteiger partial charge in [-0.3, -0.25) is 9.11 Å². The SMILES string of the molecule is O=S(=O)(O)O.O=[N+]([O-])[O-].[Mn]. The molecule has 1 radical (unpaired) electrons. The molecule has 2 N–H and O–H groups in total. The van der Waals surface area contributed by atoms with Crippen molar-refractivity contribution >= 4 is 10.4 Å². The van der Waals surface area contributed by atoms with Crippen molar-refractivity contribution in [2.75, 3.05) is 0 Å². The van der Waals surface area contributed by atoms with Crippen LogP contribution in [0.2, 0.25) is 0 Å². The maximum Gasteiger partial charge on any atom is 0.394 e. The van der Waals surface area contributed by atoms with Gasteiger partial charge in [0.2, 0.25) is 0 Å². The Balaban J connectivity index is -0.0000000910. The Bertz CT molecular complexity index is 156. The van der Waals surface area contributed by atoms with Crippen LogP contribution in [0, 0.1) is 15.3 Å². The minimum Gasteiger partial charge on any atom is -0.356 e. The van der Waals surface area contributed by atoms with Gasteiger partial charge in [0.05, 0.1) is 5.09 Å². The largest absolute Gasteiger partial charge is 0.394 e. The number of rotatable bonds is 0. The molecule has 0 heterocycles. The van der Waals surface area contributed by atoms with E-state index >= 15 is 0 Å². The van der Waals surface area contributed by atoms with Crippen LogP contribution in [0.25, 0.3) is 0 Å². The van der Waals surface area contributed by atoms with Crippen molar-refractivity contribution in [1.29, 1.82) is 0 Å². The van der Waals surface area contributed by atoms with E-state index in [-0.39, 0.29) is 17.1 Å². The van der Waals surface area contributed by atoms with Gasteiger partial charge in [-0.15, -0.1) is 0 Å². The molecule has 0 aliphatic carbocycles. The van der Waals surface area contributed by atoms with Crippen LogP contribution in [0.1, 0.15) is 0 Å². The molecule has 0 bridgehead atoms. The van der Waals surface area contributed by atoms with Gasteiger partial charge in [-0.2, -0.15) is 8.42 Å². The molecule has 8 nitrogen and oxygen atoms in total. The van der Waals surface area contributed by atoms with Crippen molar-refractivity contribution in [2.45, 2.75) is 0 Å². The van der Waals surface area contributed by atoms with Gasteiger partial charge < -0.3 is 15.3 Å². The third-order valence-corrected chi connectivity index (χ3v) is 0. The molecule has 0 saturated heterocycles. The molecule has 0 spiro atoms. The van der Waals surface area contributed by atoms with Crippen LogP contribution in [0.5, 0.6) is 0 Å². The Morgan fingerprint density at radius 3 is 1.20 bits per heavy atom. The maximum atomic E-state index is 8.74. The van der Waals surface area contributed by atoms with E-state index in [1.807, 2.05) is 0 Å². The fourth-order valence-corrected chi connectivity index (χ4v) is 0. The summed E-state index contributed by atoms with van der Waals surface area (Å²) in [4.78, 5) is 8.25. The first kappa shape index (κ1) is 16.3. The van der Waals surface area contributed by atoms with Gasteiger partial charge in [-0.1, -0.05) is 0 Å². The second kappa shape index (κ2) is 6.71. The molecule has 0 aromatic rings. The van der Waals surface area contributed by atoms with Gasteiger partial charge in [0.15, 0.2) is 0 Å². The Kier molecular flexibility index (Phi) is 10.9. The summed E-state index contributed by atoms with van der Waals surface area (Å²) in [5.41, 5.74) is 0. The van der Waals surface area contributed by atoms with Crippen molar-refractivity contribution in [2.24, 2.45) is 0 Å². The Morgan fingerprint density at radius 2 is 1.20 bits per heavy atom. The van der Waals surface area contributed by atoms with Crippen molar-refractivity contribution in [3.8, 4) is 0 Å². The molecular weight excluding hydrogens is 213 g/mol. The van der Waals surface area contributed by atoms with E-state index in [0.717, 1.165) is 0 Å². The van der Waals surface area contributed by atoms with E-state index in [0.29, 0.717) is 0 Å². The molecular formula is H2MnNO7S-. The molecule has 63 valence electrons. The van der Waals surface area contributed by atoms with Crippen LogP contribution in [0.15, 0.2) is 0 Å². The average molecular weight is 215 g/mol. The summed E-state index contributed by atoms with van der Waals surface area (Å²) in [5, 5.41) is 14.8. The molecule has 0 aromatic carbocycles. The van der Waals surface area contributed by atoms with Gasteiger partial charge >= 0.3 is 10.4 Å². The summed E-state index contributed by atoms with van der Waals surface area (Å²) in [6.45, 7) is 0. The third kappa shape index (κ3) is 1960. The number of hydrogen-bond acceptors (Lipinski definition) is 5. The van der Waals surface area contributed by atoms with Gasteiger partial charge in [0, 0.05) is 17.1 Å².